The van der Waals surface area contributed by atoms with Gasteiger partial charge in [-0.2, -0.15) is 0 Å². The van der Waals surface area contributed by atoms with Gasteiger partial charge in [-0.25, -0.2) is 4.79 Å². The number of halogens is 2. The summed E-state index contributed by atoms with van der Waals surface area (Å²) < 4.78 is 37.7. The smallest absolute Gasteiger partial charge is 0.404 e. The van der Waals surface area contributed by atoms with Gasteiger partial charge in [0.1, 0.15) is 48.8 Å². The highest BCUT2D eigenvalue weighted by molar-refractivity contribution is 6.18. The summed E-state index contributed by atoms with van der Waals surface area (Å²) in [6.07, 6.45) is -16.8. The molecule has 20 nitrogen and oxygen atoms in total. The summed E-state index contributed by atoms with van der Waals surface area (Å²) in [5.74, 6) is 0.0465. The van der Waals surface area contributed by atoms with Crippen LogP contribution in [0.5, 0.6) is 0 Å². The molecular weight excluding hydrogens is 791 g/mol. The third-order valence-electron chi connectivity index (χ3n) is 8.83. The molecule has 0 aromatic heterocycles. The zero-order chi connectivity index (χ0) is 41.2. The summed E-state index contributed by atoms with van der Waals surface area (Å²) >= 11 is 11.8. The number of anilines is 1. The summed E-state index contributed by atoms with van der Waals surface area (Å²) in [7, 11) is 0. The van der Waals surface area contributed by atoms with E-state index in [-0.39, 0.29) is 58.1 Å². The standard InChI is InChI=1S/C34H54Cl2N4O16/c35-7-10-40(11-8-36)20-5-3-19(4-6-20)16-21(37)31(48)51-12-1-2-24(43)39-9-13-50-14-15-52-33-30(27(46)25(44)22(17-41)54-33)55-32-28(47)29(56-34(38)49)26(45)23(18-42)53-32/h3-6,21-23,25-30,32-33,41-42,44-47H,1-2,7-18,37H2,(H2,38,49)(H,39,43)/t21-,22+,23-,25-,26-,27+,28+,29+,30+,32-,33+/m1/s1. The second-order valence-corrected chi connectivity index (χ2v) is 13.6. The predicted octanol–water partition coefficient (Wildman–Crippen LogP) is -2.96. The molecule has 2 saturated heterocycles. The molecular formula is C34H54Cl2N4O16. The first-order valence-corrected chi connectivity index (χ1v) is 19.1. The van der Waals surface area contributed by atoms with Crippen molar-refractivity contribution in [2.45, 2.75) is 86.7 Å². The monoisotopic (exact) mass is 844 g/mol. The molecule has 2 amide bonds. The van der Waals surface area contributed by atoms with Gasteiger partial charge in [0.2, 0.25) is 5.91 Å². The molecule has 11 N–H and O–H groups in total. The van der Waals surface area contributed by atoms with Gasteiger partial charge in [-0.1, -0.05) is 12.1 Å². The Kier molecular flexibility index (Phi) is 21.3. The van der Waals surface area contributed by atoms with Crippen LogP contribution in [0.2, 0.25) is 0 Å². The van der Waals surface area contributed by atoms with Gasteiger partial charge in [0.25, 0.3) is 0 Å². The van der Waals surface area contributed by atoms with Crippen molar-refractivity contribution in [2.24, 2.45) is 11.5 Å². The molecule has 1 aromatic rings. The van der Waals surface area contributed by atoms with E-state index in [0.717, 1.165) is 11.3 Å². The Labute approximate surface area is 333 Å². The SMILES string of the molecule is NC(=O)O[C@@H]1[C@H](O)[C@@H](O[C@@H]2[C@@H](OCCOCCNC(=O)CCCOC(=O)[C@H](N)Cc3ccc(N(CCCl)CCCl)cc3)O[C@@H](CO)[C@@H](O)[C@@H]2O)O[C@H](CO)[C@H]1O. The molecule has 2 fully saturated rings. The zero-order valence-corrected chi connectivity index (χ0v) is 32.2. The fraction of sp³-hybridized carbons (Fsp3) is 0.735. The molecule has 0 saturated carbocycles. The molecule has 0 unspecified atom stereocenters. The van der Waals surface area contributed by atoms with Crippen molar-refractivity contribution in [1.29, 1.82) is 0 Å². The summed E-state index contributed by atoms with van der Waals surface area (Å²) in [6, 6.07) is 6.72. The fourth-order valence-electron chi connectivity index (χ4n) is 5.87. The van der Waals surface area contributed by atoms with E-state index in [0.29, 0.717) is 24.8 Å². The third-order valence-corrected chi connectivity index (χ3v) is 9.17. The maximum absolute atomic E-state index is 12.4. The van der Waals surface area contributed by atoms with Crippen LogP contribution in [0, 0.1) is 0 Å². The van der Waals surface area contributed by atoms with Crippen molar-refractivity contribution in [1.82, 2.24) is 5.32 Å². The van der Waals surface area contributed by atoms with Crippen LogP contribution in [0.15, 0.2) is 24.3 Å². The van der Waals surface area contributed by atoms with Gasteiger partial charge < -0.3 is 85.5 Å². The first-order chi connectivity index (χ1) is 26.8. The van der Waals surface area contributed by atoms with Crippen LogP contribution in [-0.2, 0) is 49.2 Å². The number of aliphatic hydroxyl groups excluding tert-OH is 6. The first-order valence-electron chi connectivity index (χ1n) is 18.1. The second kappa shape index (κ2) is 25.0. The van der Waals surface area contributed by atoms with Crippen LogP contribution < -0.4 is 21.7 Å². The summed E-state index contributed by atoms with van der Waals surface area (Å²) in [6.45, 7) is -0.153. The number of esters is 1. The molecule has 0 bridgehead atoms. The van der Waals surface area contributed by atoms with E-state index in [2.05, 4.69) is 10.2 Å². The number of hydrogen-bond donors (Lipinski definition) is 9. The highest BCUT2D eigenvalue weighted by Gasteiger charge is 2.52. The van der Waals surface area contributed by atoms with Crippen LogP contribution in [0.25, 0.3) is 0 Å². The number of rotatable bonds is 24. The normalized spacial score (nSPS) is 28.3. The molecule has 56 heavy (non-hydrogen) atoms. The van der Waals surface area contributed by atoms with Gasteiger partial charge in [0.05, 0.1) is 39.6 Å². The van der Waals surface area contributed by atoms with Gasteiger partial charge in [-0.3, -0.25) is 9.59 Å². The van der Waals surface area contributed by atoms with Crippen LogP contribution in [0.3, 0.4) is 0 Å². The Balaban J connectivity index is 1.34. The van der Waals surface area contributed by atoms with E-state index < -0.39 is 92.7 Å². The van der Waals surface area contributed by atoms with E-state index in [9.17, 15) is 45.0 Å². The van der Waals surface area contributed by atoms with Crippen LogP contribution in [0.4, 0.5) is 10.5 Å². The molecule has 2 aliphatic heterocycles. The van der Waals surface area contributed by atoms with Crippen LogP contribution in [0.1, 0.15) is 18.4 Å². The van der Waals surface area contributed by atoms with Crippen molar-refractivity contribution < 1.29 is 78.2 Å². The van der Waals surface area contributed by atoms with Crippen molar-refractivity contribution in [3.8, 4) is 0 Å². The number of aliphatic hydroxyl groups is 6. The van der Waals surface area contributed by atoms with Gasteiger partial charge in [-0.05, 0) is 30.5 Å². The van der Waals surface area contributed by atoms with Crippen molar-refractivity contribution in [3.05, 3.63) is 29.8 Å². The Bertz CT molecular complexity index is 1320. The fourth-order valence-corrected chi connectivity index (χ4v) is 6.28. The zero-order valence-electron chi connectivity index (χ0n) is 30.7. The maximum atomic E-state index is 12.4. The number of nitrogens with zero attached hydrogens (tertiary/aromatic N) is 1. The molecule has 11 atom stereocenters. The van der Waals surface area contributed by atoms with Gasteiger partial charge in [-0.15, -0.1) is 23.2 Å². The lowest BCUT2D eigenvalue weighted by molar-refractivity contribution is -0.367. The molecule has 2 heterocycles. The van der Waals surface area contributed by atoms with Crippen molar-refractivity contribution in [3.63, 3.8) is 0 Å². The van der Waals surface area contributed by atoms with E-state index in [1.807, 2.05) is 24.3 Å². The number of benzene rings is 1. The van der Waals surface area contributed by atoms with Gasteiger partial charge in [0, 0.05) is 43.5 Å². The first kappa shape index (κ1) is 47.7. The number of alkyl halides is 2. The third kappa shape index (κ3) is 14.6. The number of primary amides is 1. The predicted molar refractivity (Wildman–Crippen MR) is 197 cm³/mol. The summed E-state index contributed by atoms with van der Waals surface area (Å²) in [5, 5.41) is 64.1. The molecule has 1 aromatic carbocycles. The Morgan fingerprint density at radius 3 is 2.11 bits per heavy atom. The number of ether oxygens (including phenoxy) is 7. The van der Waals surface area contributed by atoms with E-state index in [1.54, 1.807) is 0 Å². The largest absolute Gasteiger partial charge is 0.465 e. The number of carbonyl (C=O) groups excluding carboxylic acids is 3. The highest BCUT2D eigenvalue weighted by Crippen LogP contribution is 2.30. The number of hydrogen-bond acceptors (Lipinski definition) is 18. The number of amides is 2. The lowest BCUT2D eigenvalue weighted by Gasteiger charge is -2.46. The summed E-state index contributed by atoms with van der Waals surface area (Å²) in [4.78, 5) is 38.0. The Morgan fingerprint density at radius 2 is 1.48 bits per heavy atom. The average molecular weight is 846 g/mol. The minimum atomic E-state index is -1.87. The lowest BCUT2D eigenvalue weighted by atomic mass is 9.97. The van der Waals surface area contributed by atoms with Gasteiger partial charge >= 0.3 is 12.1 Å². The molecule has 320 valence electrons. The van der Waals surface area contributed by atoms with E-state index in [1.165, 1.54) is 0 Å². The Morgan fingerprint density at radius 1 is 0.839 bits per heavy atom. The number of nitrogens with one attached hydrogen (secondary N) is 1. The van der Waals surface area contributed by atoms with Crippen LogP contribution >= 0.6 is 23.2 Å². The molecule has 0 spiro atoms. The maximum Gasteiger partial charge on any atom is 0.404 e. The minimum absolute atomic E-state index is 0.00683. The molecule has 2 aliphatic rings. The highest BCUT2D eigenvalue weighted by atomic mass is 35.5. The minimum Gasteiger partial charge on any atom is -0.465 e. The number of nitrogens with two attached hydrogens (primary N) is 2. The number of carbonyl (C=O) groups is 3. The van der Waals surface area contributed by atoms with Crippen LogP contribution in [-0.4, -0.2) is 187 Å². The topological polar surface area (TPSA) is 305 Å². The average Bonchev–Trinajstić information content (AvgIpc) is 3.18. The van der Waals surface area contributed by atoms with E-state index >= 15 is 0 Å². The van der Waals surface area contributed by atoms with Crippen molar-refractivity contribution in [2.75, 3.05) is 75.9 Å². The second-order valence-electron chi connectivity index (χ2n) is 12.9. The summed E-state index contributed by atoms with van der Waals surface area (Å²) in [5.41, 5.74) is 12.9. The lowest BCUT2D eigenvalue weighted by Crippen LogP contribution is -2.65. The molecule has 22 heteroatoms. The van der Waals surface area contributed by atoms with E-state index in [4.69, 9.17) is 67.8 Å². The molecule has 0 aliphatic carbocycles. The van der Waals surface area contributed by atoms with Gasteiger partial charge in [0.15, 0.2) is 18.7 Å². The Hall–Kier alpha value is -2.67. The molecule has 3 rings (SSSR count). The quantitative estimate of drug-likeness (QED) is 0.0285. The molecule has 0 radical (unpaired) electrons. The van der Waals surface area contributed by atoms with Crippen molar-refractivity contribution >= 4 is 46.9 Å².